The van der Waals surface area contributed by atoms with E-state index < -0.39 is 0 Å². The standard InChI is InChI=1S/C14H16N2O2/c1-2-18-14(17)10-7-15-8-12-13(10)9-5-3-4-6-11(9)16-12/h3-6,10,15-16H,2,7-8H2,1H3. The first-order chi connectivity index (χ1) is 8.81. The van der Waals surface area contributed by atoms with Crippen LogP contribution in [0.3, 0.4) is 0 Å². The fourth-order valence-corrected chi connectivity index (χ4v) is 2.64. The van der Waals surface area contributed by atoms with Crippen molar-refractivity contribution in [2.45, 2.75) is 19.4 Å². The quantitative estimate of drug-likeness (QED) is 0.793. The number of H-pyrrole nitrogens is 1. The monoisotopic (exact) mass is 244 g/mol. The maximum atomic E-state index is 12.0. The second-order valence-electron chi connectivity index (χ2n) is 4.50. The first kappa shape index (κ1) is 11.3. The van der Waals surface area contributed by atoms with Gasteiger partial charge in [0.1, 0.15) is 0 Å². The highest BCUT2D eigenvalue weighted by atomic mass is 16.5. The Morgan fingerprint density at radius 3 is 3.11 bits per heavy atom. The first-order valence-corrected chi connectivity index (χ1v) is 6.28. The first-order valence-electron chi connectivity index (χ1n) is 6.28. The molecule has 4 heteroatoms. The summed E-state index contributed by atoms with van der Waals surface area (Å²) in [5.74, 6) is -0.347. The summed E-state index contributed by atoms with van der Waals surface area (Å²) in [5, 5.41) is 4.39. The van der Waals surface area contributed by atoms with Crippen LogP contribution in [-0.4, -0.2) is 24.1 Å². The second kappa shape index (κ2) is 4.46. The number of nitrogens with one attached hydrogen (secondary N) is 2. The van der Waals surface area contributed by atoms with Crippen LogP contribution in [0.4, 0.5) is 0 Å². The lowest BCUT2D eigenvalue weighted by atomic mass is 9.93. The lowest BCUT2D eigenvalue weighted by Crippen LogP contribution is -2.33. The van der Waals surface area contributed by atoms with E-state index in [1.165, 1.54) is 0 Å². The van der Waals surface area contributed by atoms with Gasteiger partial charge in [-0.1, -0.05) is 18.2 Å². The molecule has 1 aromatic carbocycles. The van der Waals surface area contributed by atoms with Crippen molar-refractivity contribution in [3.8, 4) is 0 Å². The van der Waals surface area contributed by atoms with Gasteiger partial charge in [0.15, 0.2) is 0 Å². The van der Waals surface area contributed by atoms with Gasteiger partial charge in [0, 0.05) is 29.7 Å². The van der Waals surface area contributed by atoms with Gasteiger partial charge in [-0.15, -0.1) is 0 Å². The Morgan fingerprint density at radius 1 is 1.44 bits per heavy atom. The number of hydrogen-bond donors (Lipinski definition) is 2. The molecule has 3 rings (SSSR count). The van der Waals surface area contributed by atoms with Gasteiger partial charge >= 0.3 is 5.97 Å². The Labute approximate surface area is 105 Å². The molecular formula is C14H16N2O2. The Balaban J connectivity index is 2.11. The molecule has 1 aromatic heterocycles. The van der Waals surface area contributed by atoms with Gasteiger partial charge < -0.3 is 15.0 Å². The van der Waals surface area contributed by atoms with Crippen LogP contribution < -0.4 is 5.32 Å². The van der Waals surface area contributed by atoms with Gasteiger partial charge in [-0.25, -0.2) is 0 Å². The minimum absolute atomic E-state index is 0.143. The molecule has 0 bridgehead atoms. The van der Waals surface area contributed by atoms with Crippen LogP contribution in [0.2, 0.25) is 0 Å². The maximum Gasteiger partial charge on any atom is 0.314 e. The normalized spacial score (nSPS) is 18.6. The highest BCUT2D eigenvalue weighted by molar-refractivity contribution is 5.91. The molecule has 2 heterocycles. The summed E-state index contributed by atoms with van der Waals surface area (Å²) < 4.78 is 5.16. The summed E-state index contributed by atoms with van der Waals surface area (Å²) in [7, 11) is 0. The van der Waals surface area contributed by atoms with Crippen molar-refractivity contribution in [3.63, 3.8) is 0 Å². The van der Waals surface area contributed by atoms with Gasteiger partial charge in [0.2, 0.25) is 0 Å². The van der Waals surface area contributed by atoms with E-state index in [2.05, 4.69) is 16.4 Å². The molecule has 2 aromatic rings. The Hall–Kier alpha value is -1.81. The smallest absolute Gasteiger partial charge is 0.314 e. The minimum Gasteiger partial charge on any atom is -0.465 e. The van der Waals surface area contributed by atoms with E-state index in [1.807, 2.05) is 25.1 Å². The molecule has 0 aliphatic carbocycles. The molecule has 1 aliphatic rings. The van der Waals surface area contributed by atoms with E-state index in [0.29, 0.717) is 13.2 Å². The van der Waals surface area contributed by atoms with Crippen LogP contribution in [0.15, 0.2) is 24.3 Å². The SMILES string of the molecule is CCOC(=O)C1CNCc2[nH]c3ccccc3c21. The van der Waals surface area contributed by atoms with E-state index in [4.69, 9.17) is 4.74 Å². The van der Waals surface area contributed by atoms with E-state index in [1.54, 1.807) is 0 Å². The van der Waals surface area contributed by atoms with E-state index in [0.717, 1.165) is 28.7 Å². The molecular weight excluding hydrogens is 228 g/mol. The topological polar surface area (TPSA) is 54.1 Å². The zero-order chi connectivity index (χ0) is 12.5. The Bertz CT molecular complexity index is 588. The lowest BCUT2D eigenvalue weighted by Gasteiger charge is -2.22. The lowest BCUT2D eigenvalue weighted by molar-refractivity contribution is -0.145. The number of aromatic nitrogens is 1. The Morgan fingerprint density at radius 2 is 2.28 bits per heavy atom. The highest BCUT2D eigenvalue weighted by Gasteiger charge is 2.30. The fraction of sp³-hybridized carbons (Fsp3) is 0.357. The number of fused-ring (bicyclic) bond motifs is 3. The summed E-state index contributed by atoms with van der Waals surface area (Å²) >= 11 is 0. The van der Waals surface area contributed by atoms with Crippen LogP contribution in [0, 0.1) is 0 Å². The predicted molar refractivity (Wildman–Crippen MR) is 69.4 cm³/mol. The van der Waals surface area contributed by atoms with Crippen LogP contribution >= 0.6 is 0 Å². The summed E-state index contributed by atoms with van der Waals surface area (Å²) in [5.41, 5.74) is 3.28. The number of aromatic amines is 1. The predicted octanol–water partition coefficient (Wildman–Crippen LogP) is 1.92. The van der Waals surface area contributed by atoms with Crippen LogP contribution in [0.1, 0.15) is 24.1 Å². The van der Waals surface area contributed by atoms with Gasteiger partial charge in [0.05, 0.1) is 12.5 Å². The molecule has 0 spiro atoms. The largest absolute Gasteiger partial charge is 0.465 e. The Kier molecular flexibility index (Phi) is 2.80. The summed E-state index contributed by atoms with van der Waals surface area (Å²) in [6, 6.07) is 8.09. The average Bonchev–Trinajstić information content (AvgIpc) is 2.77. The van der Waals surface area contributed by atoms with E-state index in [-0.39, 0.29) is 11.9 Å². The van der Waals surface area contributed by atoms with Crippen molar-refractivity contribution in [3.05, 3.63) is 35.5 Å². The van der Waals surface area contributed by atoms with Gasteiger partial charge in [0.25, 0.3) is 0 Å². The average molecular weight is 244 g/mol. The second-order valence-corrected chi connectivity index (χ2v) is 4.50. The fourth-order valence-electron chi connectivity index (χ4n) is 2.64. The highest BCUT2D eigenvalue weighted by Crippen LogP contribution is 2.32. The molecule has 18 heavy (non-hydrogen) atoms. The van der Waals surface area contributed by atoms with E-state index in [9.17, 15) is 4.79 Å². The molecule has 1 aliphatic heterocycles. The van der Waals surface area contributed by atoms with Gasteiger partial charge in [-0.05, 0) is 18.6 Å². The summed E-state index contributed by atoms with van der Waals surface area (Å²) in [6.07, 6.45) is 0. The number of hydrogen-bond acceptors (Lipinski definition) is 3. The van der Waals surface area contributed by atoms with Crippen molar-refractivity contribution in [1.82, 2.24) is 10.3 Å². The molecule has 94 valence electrons. The number of para-hydroxylation sites is 1. The van der Waals surface area contributed by atoms with Crippen molar-refractivity contribution < 1.29 is 9.53 Å². The maximum absolute atomic E-state index is 12.0. The van der Waals surface area contributed by atoms with Gasteiger partial charge in [-0.2, -0.15) is 0 Å². The zero-order valence-corrected chi connectivity index (χ0v) is 10.3. The number of esters is 1. The molecule has 0 saturated heterocycles. The molecule has 1 atom stereocenters. The third kappa shape index (κ3) is 1.69. The van der Waals surface area contributed by atoms with Crippen molar-refractivity contribution in [1.29, 1.82) is 0 Å². The molecule has 0 amide bonds. The molecule has 2 N–H and O–H groups in total. The van der Waals surface area contributed by atoms with Crippen LogP contribution in [0.25, 0.3) is 10.9 Å². The van der Waals surface area contributed by atoms with Crippen molar-refractivity contribution >= 4 is 16.9 Å². The zero-order valence-electron chi connectivity index (χ0n) is 10.3. The summed E-state index contributed by atoms with van der Waals surface area (Å²) in [4.78, 5) is 15.4. The number of carbonyl (C=O) groups excluding carboxylic acids is 1. The van der Waals surface area contributed by atoms with Crippen molar-refractivity contribution in [2.75, 3.05) is 13.2 Å². The molecule has 0 radical (unpaired) electrons. The van der Waals surface area contributed by atoms with Crippen LogP contribution in [-0.2, 0) is 16.1 Å². The van der Waals surface area contributed by atoms with E-state index >= 15 is 0 Å². The molecule has 4 nitrogen and oxygen atoms in total. The minimum atomic E-state index is -0.204. The molecule has 0 saturated carbocycles. The third-order valence-corrected chi connectivity index (χ3v) is 3.40. The third-order valence-electron chi connectivity index (χ3n) is 3.40. The number of ether oxygens (including phenoxy) is 1. The molecule has 0 fully saturated rings. The number of benzene rings is 1. The van der Waals surface area contributed by atoms with Crippen molar-refractivity contribution in [2.24, 2.45) is 0 Å². The molecule has 1 unspecified atom stereocenters. The number of rotatable bonds is 2. The summed E-state index contributed by atoms with van der Waals surface area (Å²) in [6.45, 7) is 3.69. The van der Waals surface area contributed by atoms with Gasteiger partial charge in [-0.3, -0.25) is 4.79 Å². The van der Waals surface area contributed by atoms with Crippen LogP contribution in [0.5, 0.6) is 0 Å². The number of carbonyl (C=O) groups is 1.